The van der Waals surface area contributed by atoms with Gasteiger partial charge in [0.05, 0.1) is 28.7 Å². The van der Waals surface area contributed by atoms with Crippen LogP contribution in [0.15, 0.2) is 61.1 Å². The molecule has 1 aliphatic heterocycles. The van der Waals surface area contributed by atoms with E-state index in [0.717, 1.165) is 47.2 Å². The van der Waals surface area contributed by atoms with Gasteiger partial charge in [-0.2, -0.15) is 10.4 Å². The highest BCUT2D eigenvalue weighted by atomic mass is 16.3. The van der Waals surface area contributed by atoms with Crippen LogP contribution in [0.3, 0.4) is 0 Å². The summed E-state index contributed by atoms with van der Waals surface area (Å²) in [7, 11) is 0. The Bertz CT molecular complexity index is 1330. The Morgan fingerprint density at radius 2 is 1.85 bits per heavy atom. The second-order valence-corrected chi connectivity index (χ2v) is 8.24. The normalized spacial score (nSPS) is 14.1. The Kier molecular flexibility index (Phi) is 5.89. The number of hydrogen-bond donors (Lipinski definition) is 2. The molecule has 1 aliphatic rings. The molecule has 9 heteroatoms. The summed E-state index contributed by atoms with van der Waals surface area (Å²) in [6.45, 7) is 3.30. The number of aliphatic hydroxyl groups excluding tert-OH is 1. The van der Waals surface area contributed by atoms with Crippen molar-refractivity contribution in [2.75, 3.05) is 23.3 Å². The van der Waals surface area contributed by atoms with E-state index in [-0.39, 0.29) is 6.10 Å². The van der Waals surface area contributed by atoms with Crippen molar-refractivity contribution < 1.29 is 5.11 Å². The Balaban J connectivity index is 1.37. The van der Waals surface area contributed by atoms with Crippen molar-refractivity contribution in [1.29, 1.82) is 5.26 Å². The number of aryl methyl sites for hydroxylation is 1. The van der Waals surface area contributed by atoms with Gasteiger partial charge in [0.2, 0.25) is 5.95 Å². The van der Waals surface area contributed by atoms with Crippen LogP contribution in [-0.4, -0.2) is 49.0 Å². The molecule has 1 saturated heterocycles. The van der Waals surface area contributed by atoms with Gasteiger partial charge in [-0.3, -0.25) is 0 Å². The molecule has 3 heterocycles. The van der Waals surface area contributed by atoms with Crippen molar-refractivity contribution in [2.24, 2.45) is 0 Å². The van der Waals surface area contributed by atoms with Crippen LogP contribution in [0.4, 0.5) is 17.3 Å². The number of nitrogens with one attached hydrogen (secondary N) is 1. The molecule has 34 heavy (non-hydrogen) atoms. The third kappa shape index (κ3) is 4.58. The van der Waals surface area contributed by atoms with Crippen LogP contribution in [0.1, 0.15) is 24.2 Å². The van der Waals surface area contributed by atoms with E-state index in [1.165, 1.54) is 0 Å². The predicted molar refractivity (Wildman–Crippen MR) is 129 cm³/mol. The van der Waals surface area contributed by atoms with Crippen LogP contribution in [0, 0.1) is 18.3 Å². The summed E-state index contributed by atoms with van der Waals surface area (Å²) >= 11 is 0. The zero-order valence-corrected chi connectivity index (χ0v) is 18.8. The second-order valence-electron chi connectivity index (χ2n) is 8.24. The van der Waals surface area contributed by atoms with Crippen molar-refractivity contribution in [1.82, 2.24) is 24.7 Å². The summed E-state index contributed by atoms with van der Waals surface area (Å²) in [6.07, 6.45) is 4.53. The Morgan fingerprint density at radius 3 is 2.56 bits per heavy atom. The Morgan fingerprint density at radius 1 is 1.06 bits per heavy atom. The molecule has 0 saturated carbocycles. The molecule has 0 radical (unpaired) electrons. The minimum Gasteiger partial charge on any atom is -0.393 e. The summed E-state index contributed by atoms with van der Waals surface area (Å²) in [4.78, 5) is 15.4. The third-order valence-electron chi connectivity index (χ3n) is 5.87. The maximum Gasteiger partial charge on any atom is 0.227 e. The van der Waals surface area contributed by atoms with Crippen LogP contribution < -0.4 is 10.2 Å². The number of nitriles is 1. The molecule has 0 amide bonds. The summed E-state index contributed by atoms with van der Waals surface area (Å²) < 4.78 is 1.72. The SMILES string of the molecule is Cc1ncn(-c2ccc(Nc3nccc(-c4ccc(C#N)c(N5CCC(O)CC5)c4)n3)cc2)n1. The lowest BCUT2D eigenvalue weighted by atomic mass is 10.0. The van der Waals surface area contributed by atoms with Gasteiger partial charge in [0.15, 0.2) is 0 Å². The first-order valence-corrected chi connectivity index (χ1v) is 11.2. The van der Waals surface area contributed by atoms with Gasteiger partial charge in [0, 0.05) is 30.5 Å². The van der Waals surface area contributed by atoms with Crippen molar-refractivity contribution in [2.45, 2.75) is 25.9 Å². The summed E-state index contributed by atoms with van der Waals surface area (Å²) in [5.41, 5.74) is 4.92. The third-order valence-corrected chi connectivity index (χ3v) is 5.87. The average molecular weight is 453 g/mol. The van der Waals surface area contributed by atoms with Gasteiger partial charge >= 0.3 is 0 Å². The van der Waals surface area contributed by atoms with E-state index in [4.69, 9.17) is 0 Å². The van der Waals surface area contributed by atoms with Gasteiger partial charge in [-0.25, -0.2) is 19.6 Å². The minimum atomic E-state index is -0.269. The molecular weight excluding hydrogens is 428 g/mol. The first-order chi connectivity index (χ1) is 16.6. The fraction of sp³-hybridized carbons (Fsp3) is 0.240. The highest BCUT2D eigenvalue weighted by molar-refractivity contribution is 5.71. The minimum absolute atomic E-state index is 0.269. The molecular formula is C25H24N8O. The first kappa shape index (κ1) is 21.6. The molecule has 4 aromatic rings. The van der Waals surface area contributed by atoms with Gasteiger partial charge in [-0.05, 0) is 62.2 Å². The number of hydrogen-bond acceptors (Lipinski definition) is 8. The molecule has 170 valence electrons. The number of benzene rings is 2. The molecule has 2 aromatic carbocycles. The maximum absolute atomic E-state index is 9.84. The monoisotopic (exact) mass is 452 g/mol. The largest absolute Gasteiger partial charge is 0.393 e. The van der Waals surface area contributed by atoms with Gasteiger partial charge in [0.25, 0.3) is 0 Å². The van der Waals surface area contributed by atoms with Crippen LogP contribution in [-0.2, 0) is 0 Å². The van der Waals surface area contributed by atoms with E-state index in [1.54, 1.807) is 17.2 Å². The number of nitrogens with zero attached hydrogens (tertiary/aromatic N) is 7. The van der Waals surface area contributed by atoms with Crippen LogP contribution in [0.5, 0.6) is 0 Å². The van der Waals surface area contributed by atoms with E-state index in [2.05, 4.69) is 36.3 Å². The highest BCUT2D eigenvalue weighted by Gasteiger charge is 2.20. The molecule has 0 atom stereocenters. The lowest BCUT2D eigenvalue weighted by Gasteiger charge is -2.32. The average Bonchev–Trinajstić information content (AvgIpc) is 3.31. The molecule has 0 aliphatic carbocycles. The molecule has 5 rings (SSSR count). The van der Waals surface area contributed by atoms with E-state index < -0.39 is 0 Å². The standard InChI is InChI=1S/C25H24N8O/c1-17-28-16-33(31-17)21-6-4-20(5-7-21)29-25-27-11-8-23(30-25)18-2-3-19(15-26)24(14-18)32-12-9-22(34)10-13-32/h2-8,11,14,16,22,34H,9-10,12-13H2,1H3,(H,27,29,30). The van der Waals surface area contributed by atoms with Gasteiger partial charge in [-0.15, -0.1) is 0 Å². The highest BCUT2D eigenvalue weighted by Crippen LogP contribution is 2.30. The molecule has 0 spiro atoms. The molecule has 2 aromatic heterocycles. The van der Waals surface area contributed by atoms with Crippen LogP contribution in [0.25, 0.3) is 16.9 Å². The van der Waals surface area contributed by atoms with Crippen LogP contribution in [0.2, 0.25) is 0 Å². The summed E-state index contributed by atoms with van der Waals surface area (Å²) in [5.74, 6) is 1.20. The smallest absolute Gasteiger partial charge is 0.227 e. The van der Waals surface area contributed by atoms with E-state index in [1.807, 2.05) is 55.5 Å². The van der Waals surface area contributed by atoms with Gasteiger partial charge in [0.1, 0.15) is 18.2 Å². The van der Waals surface area contributed by atoms with Crippen molar-refractivity contribution in [3.63, 3.8) is 0 Å². The lowest BCUT2D eigenvalue weighted by Crippen LogP contribution is -2.36. The van der Waals surface area contributed by atoms with Gasteiger partial charge in [-0.1, -0.05) is 6.07 Å². The number of anilines is 3. The maximum atomic E-state index is 9.84. The topological polar surface area (TPSA) is 116 Å². The molecule has 0 unspecified atom stereocenters. The lowest BCUT2D eigenvalue weighted by molar-refractivity contribution is 0.145. The molecule has 1 fully saturated rings. The molecule has 2 N–H and O–H groups in total. The number of rotatable bonds is 5. The quantitative estimate of drug-likeness (QED) is 0.472. The first-order valence-electron chi connectivity index (χ1n) is 11.2. The van der Waals surface area contributed by atoms with Gasteiger partial charge < -0.3 is 15.3 Å². The van der Waals surface area contributed by atoms with E-state index in [9.17, 15) is 10.4 Å². The number of piperidine rings is 1. The zero-order chi connectivity index (χ0) is 23.5. The molecule has 9 nitrogen and oxygen atoms in total. The summed E-state index contributed by atoms with van der Waals surface area (Å²) in [5, 5.41) is 27.0. The van der Waals surface area contributed by atoms with E-state index in [0.29, 0.717) is 24.4 Å². The van der Waals surface area contributed by atoms with Crippen molar-refractivity contribution in [3.8, 4) is 23.0 Å². The number of aliphatic hydroxyl groups is 1. The Hall–Kier alpha value is -4.29. The predicted octanol–water partition coefficient (Wildman–Crippen LogP) is 3.61. The summed E-state index contributed by atoms with van der Waals surface area (Å²) in [6, 6.07) is 17.6. The van der Waals surface area contributed by atoms with E-state index >= 15 is 0 Å². The fourth-order valence-corrected chi connectivity index (χ4v) is 4.03. The number of aromatic nitrogens is 5. The van der Waals surface area contributed by atoms with Crippen molar-refractivity contribution in [3.05, 3.63) is 72.4 Å². The second kappa shape index (κ2) is 9.29. The fourth-order valence-electron chi connectivity index (χ4n) is 4.03. The Labute approximate surface area is 197 Å². The zero-order valence-electron chi connectivity index (χ0n) is 18.8. The molecule has 0 bridgehead atoms. The van der Waals surface area contributed by atoms with Crippen molar-refractivity contribution >= 4 is 17.3 Å². The van der Waals surface area contributed by atoms with Crippen LogP contribution >= 0.6 is 0 Å².